The number of amides is 1. The summed E-state index contributed by atoms with van der Waals surface area (Å²) in [6, 6.07) is -0.615. The predicted molar refractivity (Wildman–Crippen MR) is 55.4 cm³/mol. The summed E-state index contributed by atoms with van der Waals surface area (Å²) in [5, 5.41) is 8.87. The van der Waals surface area contributed by atoms with E-state index in [9.17, 15) is 26.4 Å². The number of hydrogen-bond acceptors (Lipinski definition) is 4. The molecule has 10 heteroatoms. The minimum Gasteiger partial charge on any atom is -0.465 e. The molecule has 1 aliphatic carbocycles. The van der Waals surface area contributed by atoms with E-state index >= 15 is 0 Å². The molecule has 1 fully saturated rings. The summed E-state index contributed by atoms with van der Waals surface area (Å²) >= 11 is 0. The van der Waals surface area contributed by atoms with Crippen molar-refractivity contribution < 1.29 is 35.7 Å². The molecule has 0 saturated carbocycles. The molecule has 2 rings (SSSR count). The van der Waals surface area contributed by atoms with Crippen LogP contribution in [-0.2, 0) is 14.3 Å². The largest absolute Gasteiger partial charge is 0.534 e. The first kappa shape index (κ1) is 14.0. The second kappa shape index (κ2) is 4.29. The van der Waals surface area contributed by atoms with Crippen LogP contribution in [0.25, 0.3) is 0 Å². The average molecular weight is 301 g/mol. The van der Waals surface area contributed by atoms with Crippen LogP contribution in [0.4, 0.5) is 18.0 Å². The second-order valence-corrected chi connectivity index (χ2v) is 5.87. The van der Waals surface area contributed by atoms with Crippen molar-refractivity contribution in [1.29, 1.82) is 0 Å². The maximum Gasteiger partial charge on any atom is 0.534 e. The van der Waals surface area contributed by atoms with Gasteiger partial charge < -0.3 is 14.2 Å². The maximum atomic E-state index is 12.1. The highest BCUT2D eigenvalue weighted by atomic mass is 32.2. The summed E-state index contributed by atoms with van der Waals surface area (Å²) in [5.41, 5.74) is -5.49. The summed E-state index contributed by atoms with van der Waals surface area (Å²) < 4.78 is 62.1. The molecular weight excluding hydrogens is 291 g/mol. The van der Waals surface area contributed by atoms with E-state index in [-0.39, 0.29) is 24.6 Å². The number of nitrogens with zero attached hydrogens (tertiary/aromatic N) is 1. The lowest BCUT2D eigenvalue weighted by atomic mass is 10.0. The quantitative estimate of drug-likeness (QED) is 0.617. The molecule has 0 spiro atoms. The highest BCUT2D eigenvalue weighted by Crippen LogP contribution is 2.39. The molecule has 2 atom stereocenters. The van der Waals surface area contributed by atoms with Crippen molar-refractivity contribution in [3.63, 3.8) is 0 Å². The third kappa shape index (κ3) is 2.48. The molecule has 2 unspecified atom stereocenters. The van der Waals surface area contributed by atoms with Gasteiger partial charge in [-0.2, -0.15) is 21.6 Å². The Morgan fingerprint density at radius 3 is 2.63 bits per heavy atom. The summed E-state index contributed by atoms with van der Waals surface area (Å²) in [6.07, 6.45) is 0.397. The number of likely N-dealkylation sites (tertiary alicyclic amines) is 1. The average Bonchev–Trinajstić information content (AvgIpc) is 2.72. The molecule has 108 valence electrons. The zero-order valence-electron chi connectivity index (χ0n) is 9.42. The summed E-state index contributed by atoms with van der Waals surface area (Å²) in [5.74, 6) is -0.576. The van der Waals surface area contributed by atoms with E-state index in [1.165, 1.54) is 0 Å². The van der Waals surface area contributed by atoms with Crippen molar-refractivity contribution >= 4 is 16.2 Å². The second-order valence-electron chi connectivity index (χ2n) is 4.34. The Balaban J connectivity index is 2.14. The van der Waals surface area contributed by atoms with Gasteiger partial charge in [0.1, 0.15) is 5.76 Å². The zero-order chi connectivity index (χ0) is 14.4. The number of carbonyl (C=O) groups is 1. The molecule has 1 heterocycles. The smallest absolute Gasteiger partial charge is 0.465 e. The van der Waals surface area contributed by atoms with Crippen molar-refractivity contribution in [2.75, 3.05) is 6.54 Å². The normalized spacial score (nSPS) is 27.1. The summed E-state index contributed by atoms with van der Waals surface area (Å²) in [6.45, 7) is 0.278. The van der Waals surface area contributed by atoms with Crippen LogP contribution in [0.2, 0.25) is 0 Å². The van der Waals surface area contributed by atoms with Gasteiger partial charge in [0, 0.05) is 13.0 Å². The number of halogens is 3. The lowest BCUT2D eigenvalue weighted by Crippen LogP contribution is -2.34. The summed E-state index contributed by atoms with van der Waals surface area (Å²) in [7, 11) is -5.68. The topological polar surface area (TPSA) is 83.9 Å². The summed E-state index contributed by atoms with van der Waals surface area (Å²) in [4.78, 5) is 11.9. The van der Waals surface area contributed by atoms with E-state index in [1.807, 2.05) is 0 Å². The molecule has 1 saturated heterocycles. The van der Waals surface area contributed by atoms with E-state index in [4.69, 9.17) is 5.11 Å². The first-order chi connectivity index (χ1) is 8.62. The van der Waals surface area contributed by atoms with Crippen LogP contribution >= 0.6 is 0 Å². The minimum atomic E-state index is -5.68. The SMILES string of the molecule is O=C(O)N1CCC2CC(OS(=O)(=O)C(F)(F)F)=CC21. The number of fused-ring (bicyclic) bond motifs is 1. The van der Waals surface area contributed by atoms with Crippen molar-refractivity contribution in [2.24, 2.45) is 5.92 Å². The molecule has 2 aliphatic rings. The van der Waals surface area contributed by atoms with Gasteiger partial charge in [-0.25, -0.2) is 4.79 Å². The van der Waals surface area contributed by atoms with Crippen LogP contribution in [0.5, 0.6) is 0 Å². The minimum absolute atomic E-state index is 0.0102. The van der Waals surface area contributed by atoms with Crippen LogP contribution in [0.3, 0.4) is 0 Å². The fourth-order valence-corrected chi connectivity index (χ4v) is 2.82. The molecule has 1 aliphatic heterocycles. The van der Waals surface area contributed by atoms with Gasteiger partial charge >= 0.3 is 21.7 Å². The van der Waals surface area contributed by atoms with Crippen LogP contribution < -0.4 is 0 Å². The van der Waals surface area contributed by atoms with Crippen LogP contribution in [0.15, 0.2) is 11.8 Å². The molecular formula is C9H10F3NO5S. The maximum absolute atomic E-state index is 12.1. The molecule has 0 bridgehead atoms. The molecule has 1 N–H and O–H groups in total. The predicted octanol–water partition coefficient (Wildman–Crippen LogP) is 1.51. The number of allylic oxidation sites excluding steroid dienone is 1. The van der Waals surface area contributed by atoms with Gasteiger partial charge in [-0.1, -0.05) is 0 Å². The van der Waals surface area contributed by atoms with Crippen molar-refractivity contribution in [1.82, 2.24) is 4.90 Å². The Bertz CT molecular complexity index is 526. The lowest BCUT2D eigenvalue weighted by molar-refractivity contribution is -0.0523. The lowest BCUT2D eigenvalue weighted by Gasteiger charge is -2.18. The monoisotopic (exact) mass is 301 g/mol. The van der Waals surface area contributed by atoms with Gasteiger partial charge in [-0.3, -0.25) is 0 Å². The Morgan fingerprint density at radius 2 is 2.11 bits per heavy atom. The Labute approximate surface area is 106 Å². The Morgan fingerprint density at radius 1 is 1.47 bits per heavy atom. The molecule has 1 amide bonds. The van der Waals surface area contributed by atoms with Crippen molar-refractivity contribution in [3.05, 3.63) is 11.8 Å². The third-order valence-electron chi connectivity index (χ3n) is 3.15. The fourth-order valence-electron chi connectivity index (χ4n) is 2.32. The van der Waals surface area contributed by atoms with E-state index in [1.54, 1.807) is 0 Å². The molecule has 19 heavy (non-hydrogen) atoms. The standard InChI is InChI=1S/C9H10F3NO5S/c10-9(11,12)19(16,17)18-6-3-5-1-2-13(8(14)15)7(5)4-6/h4-5,7H,1-3H2,(H,14,15). The number of carboxylic acid groups (broad SMARTS) is 1. The molecule has 6 nitrogen and oxygen atoms in total. The highest BCUT2D eigenvalue weighted by Gasteiger charge is 2.50. The van der Waals surface area contributed by atoms with Gasteiger partial charge in [-0.05, 0) is 18.4 Å². The van der Waals surface area contributed by atoms with E-state index in [0.717, 1.165) is 11.0 Å². The van der Waals surface area contributed by atoms with E-state index < -0.39 is 27.8 Å². The molecule has 0 aromatic rings. The molecule has 0 aromatic carbocycles. The molecule has 0 aromatic heterocycles. The van der Waals surface area contributed by atoms with Crippen LogP contribution in [0, 0.1) is 5.92 Å². The van der Waals surface area contributed by atoms with Gasteiger partial charge in [0.05, 0.1) is 6.04 Å². The van der Waals surface area contributed by atoms with Crippen molar-refractivity contribution in [2.45, 2.75) is 24.4 Å². The van der Waals surface area contributed by atoms with Gasteiger partial charge in [0.15, 0.2) is 0 Å². The first-order valence-electron chi connectivity index (χ1n) is 5.33. The first-order valence-corrected chi connectivity index (χ1v) is 6.73. The van der Waals surface area contributed by atoms with Gasteiger partial charge in [0.2, 0.25) is 0 Å². The third-order valence-corrected chi connectivity index (χ3v) is 4.15. The van der Waals surface area contributed by atoms with E-state index in [2.05, 4.69) is 4.18 Å². The molecule has 0 radical (unpaired) electrons. The van der Waals surface area contributed by atoms with Gasteiger partial charge in [0.25, 0.3) is 0 Å². The number of hydrogen-bond donors (Lipinski definition) is 1. The van der Waals surface area contributed by atoms with Crippen molar-refractivity contribution in [3.8, 4) is 0 Å². The highest BCUT2D eigenvalue weighted by molar-refractivity contribution is 7.87. The van der Waals surface area contributed by atoms with E-state index in [0.29, 0.717) is 6.42 Å². The Hall–Kier alpha value is -1.45. The van der Waals surface area contributed by atoms with Gasteiger partial charge in [-0.15, -0.1) is 0 Å². The Kier molecular flexibility index (Phi) is 3.15. The van der Waals surface area contributed by atoms with Crippen LogP contribution in [0.1, 0.15) is 12.8 Å². The zero-order valence-corrected chi connectivity index (χ0v) is 10.2. The van der Waals surface area contributed by atoms with Crippen LogP contribution in [-0.4, -0.2) is 42.6 Å². The fraction of sp³-hybridized carbons (Fsp3) is 0.667. The number of rotatable bonds is 2. The number of alkyl halides is 3.